The number of ether oxygens (including phenoxy) is 3. The van der Waals surface area contributed by atoms with Crippen molar-refractivity contribution < 1.29 is 24.4 Å². The molecule has 14 heavy (non-hydrogen) atoms. The maximum Gasteiger partial charge on any atom is 0.114 e. The molecule has 5 nitrogen and oxygen atoms in total. The maximum atomic E-state index is 9.69. The molecule has 1 aliphatic rings. The molecule has 2 N–H and O–H groups in total. The molecular formula is C9H18O5. The van der Waals surface area contributed by atoms with Gasteiger partial charge in [0.15, 0.2) is 0 Å². The maximum absolute atomic E-state index is 9.69. The van der Waals surface area contributed by atoms with Crippen LogP contribution < -0.4 is 0 Å². The minimum absolute atomic E-state index is 0.335. The fraction of sp³-hybridized carbons (Fsp3) is 1.00. The smallest absolute Gasteiger partial charge is 0.114 e. The van der Waals surface area contributed by atoms with Crippen molar-refractivity contribution >= 4 is 0 Å². The van der Waals surface area contributed by atoms with Gasteiger partial charge in [-0.2, -0.15) is 0 Å². The molecule has 1 heterocycles. The summed E-state index contributed by atoms with van der Waals surface area (Å²) < 4.78 is 15.5. The molecule has 5 atom stereocenters. The van der Waals surface area contributed by atoms with Gasteiger partial charge in [-0.15, -0.1) is 0 Å². The number of hydrogen-bond acceptors (Lipinski definition) is 5. The zero-order valence-electron chi connectivity index (χ0n) is 8.71. The first kappa shape index (κ1) is 11.9. The van der Waals surface area contributed by atoms with E-state index in [4.69, 9.17) is 14.2 Å². The Hall–Kier alpha value is -0.200. The van der Waals surface area contributed by atoms with E-state index < -0.39 is 24.4 Å². The molecule has 1 rings (SSSR count). The molecule has 1 saturated heterocycles. The SMILES string of the molecule is COC[C@H]1O[C@@H](C)[C@@H](O)[C@@H](O)[C@@H]1OC. The van der Waals surface area contributed by atoms with Crippen molar-refractivity contribution in [3.8, 4) is 0 Å². The average Bonchev–Trinajstić information content (AvgIpc) is 2.16. The van der Waals surface area contributed by atoms with Gasteiger partial charge in [-0.1, -0.05) is 0 Å². The topological polar surface area (TPSA) is 68.2 Å². The number of aliphatic hydroxyl groups excluding tert-OH is 2. The standard InChI is InChI=1S/C9H18O5/c1-5-7(10)8(11)9(13-3)6(14-5)4-12-2/h5-11H,4H2,1-3H3/t5-,6+,7+,8+,9+/m0/s1. The first-order chi connectivity index (χ1) is 6.61. The Morgan fingerprint density at radius 1 is 1.21 bits per heavy atom. The van der Waals surface area contributed by atoms with Crippen LogP contribution in [0.4, 0.5) is 0 Å². The lowest BCUT2D eigenvalue weighted by molar-refractivity contribution is -0.233. The lowest BCUT2D eigenvalue weighted by atomic mass is 9.96. The van der Waals surface area contributed by atoms with E-state index in [0.717, 1.165) is 0 Å². The molecule has 0 bridgehead atoms. The number of hydrogen-bond donors (Lipinski definition) is 2. The minimum atomic E-state index is -0.927. The van der Waals surface area contributed by atoms with Crippen LogP contribution in [-0.4, -0.2) is 61.6 Å². The van der Waals surface area contributed by atoms with Crippen LogP contribution >= 0.6 is 0 Å². The molecule has 5 heteroatoms. The van der Waals surface area contributed by atoms with Crippen molar-refractivity contribution in [2.45, 2.75) is 37.4 Å². The predicted molar refractivity (Wildman–Crippen MR) is 49.0 cm³/mol. The highest BCUT2D eigenvalue weighted by atomic mass is 16.6. The molecule has 0 aromatic heterocycles. The zero-order valence-corrected chi connectivity index (χ0v) is 8.71. The van der Waals surface area contributed by atoms with Gasteiger partial charge in [-0.05, 0) is 6.92 Å². The Morgan fingerprint density at radius 3 is 2.36 bits per heavy atom. The highest BCUT2D eigenvalue weighted by Crippen LogP contribution is 2.22. The van der Waals surface area contributed by atoms with Crippen LogP contribution in [0.1, 0.15) is 6.92 Å². The van der Waals surface area contributed by atoms with E-state index in [0.29, 0.717) is 6.61 Å². The van der Waals surface area contributed by atoms with Crippen LogP contribution in [0.5, 0.6) is 0 Å². The van der Waals surface area contributed by atoms with Crippen molar-refractivity contribution in [2.75, 3.05) is 20.8 Å². The summed E-state index contributed by atoms with van der Waals surface area (Å²) in [5.41, 5.74) is 0. The van der Waals surface area contributed by atoms with Crippen molar-refractivity contribution in [1.82, 2.24) is 0 Å². The Balaban J connectivity index is 2.66. The lowest BCUT2D eigenvalue weighted by Crippen LogP contribution is -2.58. The Kier molecular flexibility index (Phi) is 4.28. The predicted octanol–water partition coefficient (Wildman–Crippen LogP) is -0.843. The fourth-order valence-electron chi connectivity index (χ4n) is 1.72. The quantitative estimate of drug-likeness (QED) is 0.630. The van der Waals surface area contributed by atoms with Crippen molar-refractivity contribution in [1.29, 1.82) is 0 Å². The van der Waals surface area contributed by atoms with Gasteiger partial charge in [0.25, 0.3) is 0 Å². The van der Waals surface area contributed by atoms with E-state index in [2.05, 4.69) is 0 Å². The third kappa shape index (κ3) is 2.24. The molecule has 0 aliphatic carbocycles. The van der Waals surface area contributed by atoms with Crippen molar-refractivity contribution in [3.05, 3.63) is 0 Å². The van der Waals surface area contributed by atoms with Gasteiger partial charge < -0.3 is 24.4 Å². The largest absolute Gasteiger partial charge is 0.388 e. The van der Waals surface area contributed by atoms with E-state index >= 15 is 0 Å². The molecule has 0 aromatic rings. The van der Waals surface area contributed by atoms with Gasteiger partial charge >= 0.3 is 0 Å². The van der Waals surface area contributed by atoms with Crippen LogP contribution in [0.25, 0.3) is 0 Å². The third-order valence-corrected chi connectivity index (χ3v) is 2.53. The first-order valence-electron chi connectivity index (χ1n) is 4.65. The lowest BCUT2D eigenvalue weighted by Gasteiger charge is -2.40. The highest BCUT2D eigenvalue weighted by Gasteiger charge is 2.42. The second kappa shape index (κ2) is 5.04. The normalized spacial score (nSPS) is 43.9. The summed E-state index contributed by atoms with van der Waals surface area (Å²) in [6, 6.07) is 0. The molecule has 0 amide bonds. The van der Waals surface area contributed by atoms with E-state index in [1.807, 2.05) is 0 Å². The number of rotatable bonds is 3. The Labute approximate surface area is 83.6 Å². The summed E-state index contributed by atoms with van der Waals surface area (Å²) >= 11 is 0. The number of aliphatic hydroxyl groups is 2. The van der Waals surface area contributed by atoms with Gasteiger partial charge in [0.05, 0.1) is 12.7 Å². The Morgan fingerprint density at radius 2 is 1.86 bits per heavy atom. The molecule has 0 spiro atoms. The molecule has 0 aromatic carbocycles. The summed E-state index contributed by atoms with van der Waals surface area (Å²) in [5, 5.41) is 19.2. The summed E-state index contributed by atoms with van der Waals surface area (Å²) in [4.78, 5) is 0. The van der Waals surface area contributed by atoms with Crippen LogP contribution in [0, 0.1) is 0 Å². The Bertz CT molecular complexity index is 175. The summed E-state index contributed by atoms with van der Waals surface area (Å²) in [6.45, 7) is 2.05. The van der Waals surface area contributed by atoms with Crippen LogP contribution in [-0.2, 0) is 14.2 Å². The molecule has 84 valence electrons. The molecule has 1 aliphatic heterocycles. The summed E-state index contributed by atoms with van der Waals surface area (Å²) in [6.07, 6.45) is -3.12. The van der Waals surface area contributed by atoms with Gasteiger partial charge in [0.1, 0.15) is 24.4 Å². The summed E-state index contributed by atoms with van der Waals surface area (Å²) in [5.74, 6) is 0. The van der Waals surface area contributed by atoms with E-state index in [-0.39, 0.29) is 6.10 Å². The van der Waals surface area contributed by atoms with Gasteiger partial charge in [-0.25, -0.2) is 0 Å². The second-order valence-electron chi connectivity index (χ2n) is 3.52. The van der Waals surface area contributed by atoms with Crippen LogP contribution in [0.2, 0.25) is 0 Å². The van der Waals surface area contributed by atoms with E-state index in [9.17, 15) is 10.2 Å². The minimum Gasteiger partial charge on any atom is -0.388 e. The molecular weight excluding hydrogens is 188 g/mol. The van der Waals surface area contributed by atoms with Crippen molar-refractivity contribution in [2.24, 2.45) is 0 Å². The second-order valence-corrected chi connectivity index (χ2v) is 3.52. The van der Waals surface area contributed by atoms with Crippen molar-refractivity contribution in [3.63, 3.8) is 0 Å². The average molecular weight is 206 g/mol. The van der Waals surface area contributed by atoms with Gasteiger partial charge in [-0.3, -0.25) is 0 Å². The molecule has 1 fully saturated rings. The van der Waals surface area contributed by atoms with Gasteiger partial charge in [0.2, 0.25) is 0 Å². The zero-order chi connectivity index (χ0) is 10.7. The third-order valence-electron chi connectivity index (χ3n) is 2.53. The first-order valence-corrected chi connectivity index (χ1v) is 4.65. The summed E-state index contributed by atoms with van der Waals surface area (Å²) in [7, 11) is 3.03. The highest BCUT2D eigenvalue weighted by molar-refractivity contribution is 4.91. The van der Waals surface area contributed by atoms with Crippen LogP contribution in [0.3, 0.4) is 0 Å². The monoisotopic (exact) mass is 206 g/mol. The van der Waals surface area contributed by atoms with E-state index in [1.54, 1.807) is 14.0 Å². The van der Waals surface area contributed by atoms with Crippen LogP contribution in [0.15, 0.2) is 0 Å². The fourth-order valence-corrected chi connectivity index (χ4v) is 1.72. The molecule has 0 radical (unpaired) electrons. The van der Waals surface area contributed by atoms with Gasteiger partial charge in [0, 0.05) is 14.2 Å². The molecule has 0 unspecified atom stereocenters. The number of methoxy groups -OCH3 is 2. The van der Waals surface area contributed by atoms with E-state index in [1.165, 1.54) is 7.11 Å². The molecule has 0 saturated carbocycles.